The number of aliphatic carboxylic acids is 1. The molecule has 0 bridgehead atoms. The first-order valence-corrected chi connectivity index (χ1v) is 5.86. The molecule has 0 heterocycles. The molecule has 0 fully saturated rings. The van der Waals surface area contributed by atoms with Crippen LogP contribution >= 0.6 is 0 Å². The summed E-state index contributed by atoms with van der Waals surface area (Å²) in [6, 6.07) is 1.54. The lowest BCUT2D eigenvalue weighted by atomic mass is 10.1. The second-order valence-electron chi connectivity index (χ2n) is 4.22. The van der Waals surface area contributed by atoms with Crippen molar-refractivity contribution in [2.24, 2.45) is 0 Å². The molecule has 1 aromatic carbocycles. The van der Waals surface area contributed by atoms with Crippen LogP contribution in [0.3, 0.4) is 0 Å². The van der Waals surface area contributed by atoms with Gasteiger partial charge in [0.2, 0.25) is 0 Å². The molecule has 0 saturated heterocycles. The Labute approximate surface area is 110 Å². The van der Waals surface area contributed by atoms with Crippen molar-refractivity contribution in [3.63, 3.8) is 0 Å². The van der Waals surface area contributed by atoms with Gasteiger partial charge in [-0.1, -0.05) is 6.92 Å². The van der Waals surface area contributed by atoms with Gasteiger partial charge in [0.25, 0.3) is 0 Å². The van der Waals surface area contributed by atoms with Crippen LogP contribution in [0.4, 0.5) is 8.78 Å². The smallest absolute Gasteiger partial charge is 0.320 e. The van der Waals surface area contributed by atoms with Gasteiger partial charge in [-0.25, -0.2) is 8.78 Å². The molecule has 0 spiro atoms. The molecule has 1 rings (SSSR count). The summed E-state index contributed by atoms with van der Waals surface area (Å²) in [6.07, 6.45) is 0.366. The van der Waals surface area contributed by atoms with Gasteiger partial charge in [-0.2, -0.15) is 0 Å². The van der Waals surface area contributed by atoms with E-state index >= 15 is 0 Å². The zero-order chi connectivity index (χ0) is 14.6. The fourth-order valence-electron chi connectivity index (χ4n) is 1.95. The minimum absolute atomic E-state index is 0.0182. The second kappa shape index (κ2) is 6.47. The molecular weight excluding hydrogens is 256 g/mol. The van der Waals surface area contributed by atoms with Crippen LogP contribution in [-0.2, 0) is 11.3 Å². The first-order chi connectivity index (χ1) is 8.92. The van der Waals surface area contributed by atoms with E-state index in [0.29, 0.717) is 6.42 Å². The Morgan fingerprint density at radius 1 is 1.47 bits per heavy atom. The fourth-order valence-corrected chi connectivity index (χ4v) is 1.95. The van der Waals surface area contributed by atoms with E-state index in [2.05, 4.69) is 0 Å². The Balaban J connectivity index is 3.04. The fraction of sp³-hybridized carbons (Fsp3) is 0.462. The van der Waals surface area contributed by atoms with Gasteiger partial charge in [0.05, 0.1) is 7.11 Å². The van der Waals surface area contributed by atoms with E-state index in [9.17, 15) is 13.6 Å². The lowest BCUT2D eigenvalue weighted by Gasteiger charge is -2.24. The molecule has 1 N–H and O–H groups in total. The highest BCUT2D eigenvalue weighted by Crippen LogP contribution is 2.25. The Morgan fingerprint density at radius 3 is 2.58 bits per heavy atom. The van der Waals surface area contributed by atoms with Crippen LogP contribution in [0.5, 0.6) is 5.75 Å². The monoisotopic (exact) mass is 273 g/mol. The lowest BCUT2D eigenvalue weighted by Crippen LogP contribution is -2.37. The summed E-state index contributed by atoms with van der Waals surface area (Å²) >= 11 is 0. The van der Waals surface area contributed by atoms with Gasteiger partial charge < -0.3 is 9.84 Å². The number of carbonyl (C=O) groups is 1. The topological polar surface area (TPSA) is 49.8 Å². The molecule has 0 amide bonds. The maximum atomic E-state index is 13.7. The number of methoxy groups -OCH3 is 1. The van der Waals surface area contributed by atoms with Crippen LogP contribution in [0, 0.1) is 11.6 Å². The molecule has 6 heteroatoms. The molecule has 1 atom stereocenters. The van der Waals surface area contributed by atoms with Gasteiger partial charge in [0.1, 0.15) is 11.8 Å². The number of carboxylic acid groups (broad SMARTS) is 1. The highest BCUT2D eigenvalue weighted by molar-refractivity contribution is 5.73. The SMILES string of the molecule is CC[C@H](C(=O)O)N(C)Cc1c(OC)ccc(F)c1F. The first kappa shape index (κ1) is 15.4. The molecule has 0 aromatic heterocycles. The number of carboxylic acids is 1. The van der Waals surface area contributed by atoms with Crippen molar-refractivity contribution in [3.05, 3.63) is 29.3 Å². The van der Waals surface area contributed by atoms with Gasteiger partial charge in [-0.05, 0) is 25.6 Å². The molecule has 0 radical (unpaired) electrons. The quantitative estimate of drug-likeness (QED) is 0.863. The molecule has 19 heavy (non-hydrogen) atoms. The zero-order valence-corrected chi connectivity index (χ0v) is 11.1. The average molecular weight is 273 g/mol. The third kappa shape index (κ3) is 3.41. The summed E-state index contributed by atoms with van der Waals surface area (Å²) in [7, 11) is 2.90. The van der Waals surface area contributed by atoms with Gasteiger partial charge in [-0.15, -0.1) is 0 Å². The third-order valence-electron chi connectivity index (χ3n) is 2.98. The number of rotatable bonds is 6. The van der Waals surface area contributed by atoms with Crippen molar-refractivity contribution in [3.8, 4) is 5.75 Å². The summed E-state index contributed by atoms with van der Waals surface area (Å²) in [5.41, 5.74) is 0.0182. The van der Waals surface area contributed by atoms with Crippen molar-refractivity contribution >= 4 is 5.97 Å². The van der Waals surface area contributed by atoms with E-state index < -0.39 is 23.6 Å². The van der Waals surface area contributed by atoms with Crippen molar-refractivity contribution in [2.45, 2.75) is 25.9 Å². The number of nitrogens with zero attached hydrogens (tertiary/aromatic N) is 1. The molecule has 0 aliphatic carbocycles. The summed E-state index contributed by atoms with van der Waals surface area (Å²) in [4.78, 5) is 12.5. The van der Waals surface area contributed by atoms with E-state index in [1.807, 2.05) is 0 Å². The minimum atomic E-state index is -1.01. The van der Waals surface area contributed by atoms with Crippen molar-refractivity contribution in [2.75, 3.05) is 14.2 Å². The number of halogens is 2. The predicted octanol–water partition coefficient (Wildman–Crippen LogP) is 2.27. The summed E-state index contributed by atoms with van der Waals surface area (Å²) < 4.78 is 31.9. The predicted molar refractivity (Wildman–Crippen MR) is 66.1 cm³/mol. The van der Waals surface area contributed by atoms with Crippen molar-refractivity contribution in [1.82, 2.24) is 4.90 Å². The lowest BCUT2D eigenvalue weighted by molar-refractivity contribution is -0.143. The van der Waals surface area contributed by atoms with Gasteiger partial charge in [0.15, 0.2) is 11.6 Å². The van der Waals surface area contributed by atoms with Crippen LogP contribution in [0.1, 0.15) is 18.9 Å². The number of ether oxygens (including phenoxy) is 1. The number of benzene rings is 1. The normalized spacial score (nSPS) is 12.5. The molecule has 106 valence electrons. The van der Waals surface area contributed by atoms with E-state index in [-0.39, 0.29) is 17.9 Å². The van der Waals surface area contributed by atoms with E-state index in [4.69, 9.17) is 9.84 Å². The highest BCUT2D eigenvalue weighted by Gasteiger charge is 2.23. The number of hydrogen-bond acceptors (Lipinski definition) is 3. The Kier molecular flexibility index (Phi) is 5.23. The van der Waals surface area contributed by atoms with E-state index in [1.165, 1.54) is 18.1 Å². The third-order valence-corrected chi connectivity index (χ3v) is 2.98. The standard InChI is InChI=1S/C13H17F2NO3/c1-4-10(13(17)18)16(2)7-8-11(19-3)6-5-9(14)12(8)15/h5-6,10H,4,7H2,1-3H3,(H,17,18)/t10-/m1/s1. The highest BCUT2D eigenvalue weighted by atomic mass is 19.2. The van der Waals surface area contributed by atoms with E-state index in [1.54, 1.807) is 14.0 Å². The largest absolute Gasteiger partial charge is 0.496 e. The van der Waals surface area contributed by atoms with E-state index in [0.717, 1.165) is 6.07 Å². The zero-order valence-electron chi connectivity index (χ0n) is 11.1. The van der Waals surface area contributed by atoms with Crippen LogP contribution in [0.25, 0.3) is 0 Å². The molecule has 4 nitrogen and oxygen atoms in total. The van der Waals surface area contributed by atoms with Gasteiger partial charge in [0, 0.05) is 12.1 Å². The molecule has 0 aliphatic heterocycles. The first-order valence-electron chi connectivity index (χ1n) is 5.86. The summed E-state index contributed by atoms with van der Waals surface area (Å²) in [5, 5.41) is 9.03. The molecule has 0 aliphatic rings. The van der Waals surface area contributed by atoms with Gasteiger partial charge in [-0.3, -0.25) is 9.69 Å². The second-order valence-corrected chi connectivity index (χ2v) is 4.22. The molecular formula is C13H17F2NO3. The Morgan fingerprint density at radius 2 is 2.11 bits per heavy atom. The summed E-state index contributed by atoms with van der Waals surface area (Å²) in [5.74, 6) is -2.79. The van der Waals surface area contributed by atoms with Gasteiger partial charge >= 0.3 is 5.97 Å². The average Bonchev–Trinajstić information content (AvgIpc) is 2.35. The van der Waals surface area contributed by atoms with Crippen LogP contribution in [-0.4, -0.2) is 36.2 Å². The number of likely N-dealkylation sites (N-methyl/N-ethyl adjacent to an activating group) is 1. The Hall–Kier alpha value is -1.69. The maximum absolute atomic E-state index is 13.7. The van der Waals surface area contributed by atoms with Crippen LogP contribution < -0.4 is 4.74 Å². The number of hydrogen-bond donors (Lipinski definition) is 1. The van der Waals surface area contributed by atoms with Crippen molar-refractivity contribution in [1.29, 1.82) is 0 Å². The molecule has 1 aromatic rings. The van der Waals surface area contributed by atoms with Crippen molar-refractivity contribution < 1.29 is 23.4 Å². The molecule has 0 unspecified atom stereocenters. The molecule has 0 saturated carbocycles. The summed E-state index contributed by atoms with van der Waals surface area (Å²) in [6.45, 7) is 1.67. The van der Waals surface area contributed by atoms with Crippen LogP contribution in [0.2, 0.25) is 0 Å². The maximum Gasteiger partial charge on any atom is 0.320 e. The van der Waals surface area contributed by atoms with Crippen LogP contribution in [0.15, 0.2) is 12.1 Å². The Bertz CT molecular complexity index is 465. The minimum Gasteiger partial charge on any atom is -0.496 e.